The number of hydrogen-bond acceptors (Lipinski definition) is 3. The second-order valence-corrected chi connectivity index (χ2v) is 6.85. The first-order valence-electron chi connectivity index (χ1n) is 7.80. The third-order valence-electron chi connectivity index (χ3n) is 4.34. The van der Waals surface area contributed by atoms with Crippen molar-refractivity contribution in [3.8, 4) is 5.75 Å². The van der Waals surface area contributed by atoms with Crippen LogP contribution in [0.25, 0.3) is 0 Å². The van der Waals surface area contributed by atoms with Gasteiger partial charge in [-0.1, -0.05) is 18.5 Å². The van der Waals surface area contributed by atoms with Crippen molar-refractivity contribution in [3.05, 3.63) is 28.8 Å². The summed E-state index contributed by atoms with van der Waals surface area (Å²) >= 11 is 5.98. The van der Waals surface area contributed by atoms with Crippen LogP contribution in [0.3, 0.4) is 0 Å². The fraction of sp³-hybridized carbons (Fsp3) is 0.588. The van der Waals surface area contributed by atoms with Crippen molar-refractivity contribution < 1.29 is 9.53 Å². The SMILES string of the molecule is Cc1cc(OCCCC(=O)N2CCC(C)(CN)C2)ccc1Cl. The van der Waals surface area contributed by atoms with Gasteiger partial charge in [0.25, 0.3) is 0 Å². The molecule has 22 heavy (non-hydrogen) atoms. The smallest absolute Gasteiger partial charge is 0.222 e. The van der Waals surface area contributed by atoms with Crippen molar-refractivity contribution in [1.82, 2.24) is 4.90 Å². The van der Waals surface area contributed by atoms with Crippen LogP contribution in [-0.2, 0) is 4.79 Å². The van der Waals surface area contributed by atoms with Gasteiger partial charge in [0.1, 0.15) is 5.75 Å². The Morgan fingerprint density at radius 1 is 1.50 bits per heavy atom. The van der Waals surface area contributed by atoms with Crippen molar-refractivity contribution in [3.63, 3.8) is 0 Å². The molecule has 5 heteroatoms. The highest BCUT2D eigenvalue weighted by atomic mass is 35.5. The predicted octanol–water partition coefficient (Wildman–Crippen LogP) is 3.00. The van der Waals surface area contributed by atoms with Gasteiger partial charge < -0.3 is 15.4 Å². The molecule has 1 amide bonds. The summed E-state index contributed by atoms with van der Waals surface area (Å²) in [5.74, 6) is 0.999. The van der Waals surface area contributed by atoms with Gasteiger partial charge in [-0.15, -0.1) is 0 Å². The molecule has 4 nitrogen and oxygen atoms in total. The molecule has 1 fully saturated rings. The summed E-state index contributed by atoms with van der Waals surface area (Å²) in [6, 6.07) is 5.59. The average molecular weight is 325 g/mol. The highest BCUT2D eigenvalue weighted by Gasteiger charge is 2.34. The number of halogens is 1. The third kappa shape index (κ3) is 4.37. The third-order valence-corrected chi connectivity index (χ3v) is 4.76. The Kier molecular flexibility index (Phi) is 5.70. The molecule has 0 spiro atoms. The van der Waals surface area contributed by atoms with Crippen LogP contribution in [0.2, 0.25) is 5.02 Å². The summed E-state index contributed by atoms with van der Waals surface area (Å²) < 4.78 is 5.67. The molecule has 0 aromatic heterocycles. The van der Waals surface area contributed by atoms with Crippen LogP contribution in [0.15, 0.2) is 18.2 Å². The van der Waals surface area contributed by atoms with Crippen LogP contribution in [-0.4, -0.2) is 37.0 Å². The topological polar surface area (TPSA) is 55.6 Å². The highest BCUT2D eigenvalue weighted by Crippen LogP contribution is 2.29. The molecular weight excluding hydrogens is 300 g/mol. The van der Waals surface area contributed by atoms with Gasteiger partial charge in [-0.2, -0.15) is 0 Å². The number of aryl methyl sites for hydroxylation is 1. The zero-order chi connectivity index (χ0) is 16.2. The van der Waals surface area contributed by atoms with E-state index in [1.807, 2.05) is 30.0 Å². The molecule has 2 N–H and O–H groups in total. The van der Waals surface area contributed by atoms with Crippen LogP contribution in [0, 0.1) is 12.3 Å². The Morgan fingerprint density at radius 2 is 2.27 bits per heavy atom. The molecule has 2 rings (SSSR count). The van der Waals surface area contributed by atoms with Crippen molar-refractivity contribution in [2.24, 2.45) is 11.1 Å². The monoisotopic (exact) mass is 324 g/mol. The molecule has 1 heterocycles. The maximum atomic E-state index is 12.2. The molecule has 1 saturated heterocycles. The normalized spacial score (nSPS) is 21.2. The number of carbonyl (C=O) groups is 1. The Labute approximate surface area is 137 Å². The van der Waals surface area contributed by atoms with Gasteiger partial charge in [0.05, 0.1) is 6.61 Å². The van der Waals surface area contributed by atoms with Gasteiger partial charge in [0.2, 0.25) is 5.91 Å². The standard InChI is InChI=1S/C17H25ClN2O2/c1-13-10-14(5-6-15(13)18)22-9-3-4-16(21)20-8-7-17(2,11-19)12-20/h5-6,10H,3-4,7-9,11-12,19H2,1-2H3. The van der Waals surface area contributed by atoms with Crippen LogP contribution in [0.1, 0.15) is 31.7 Å². The molecule has 1 aliphatic heterocycles. The maximum Gasteiger partial charge on any atom is 0.222 e. The van der Waals surface area contributed by atoms with E-state index in [-0.39, 0.29) is 11.3 Å². The minimum atomic E-state index is 0.0903. The van der Waals surface area contributed by atoms with Gasteiger partial charge >= 0.3 is 0 Å². The lowest BCUT2D eigenvalue weighted by atomic mass is 9.90. The first kappa shape index (κ1) is 17.1. The van der Waals surface area contributed by atoms with Crippen LogP contribution in [0.5, 0.6) is 5.75 Å². The van der Waals surface area contributed by atoms with Crippen molar-refractivity contribution in [2.75, 3.05) is 26.2 Å². The molecule has 1 aromatic rings. The molecule has 0 bridgehead atoms. The Bertz CT molecular complexity index is 535. The van der Waals surface area contributed by atoms with Gasteiger partial charge in [-0.3, -0.25) is 4.79 Å². The summed E-state index contributed by atoms with van der Waals surface area (Å²) in [7, 11) is 0. The maximum absolute atomic E-state index is 12.2. The number of likely N-dealkylation sites (tertiary alicyclic amines) is 1. The molecule has 122 valence electrons. The first-order chi connectivity index (χ1) is 10.4. The molecule has 0 radical (unpaired) electrons. The van der Waals surface area contributed by atoms with Crippen molar-refractivity contribution in [1.29, 1.82) is 0 Å². The lowest BCUT2D eigenvalue weighted by Crippen LogP contribution is -2.34. The minimum absolute atomic E-state index is 0.0903. The van der Waals surface area contributed by atoms with E-state index in [1.165, 1.54) is 0 Å². The summed E-state index contributed by atoms with van der Waals surface area (Å²) in [6.07, 6.45) is 2.24. The lowest BCUT2D eigenvalue weighted by molar-refractivity contribution is -0.130. The van der Waals surface area contributed by atoms with E-state index in [4.69, 9.17) is 22.1 Å². The van der Waals surface area contributed by atoms with Gasteiger partial charge in [0, 0.05) is 24.5 Å². The second kappa shape index (κ2) is 7.34. The molecule has 1 atom stereocenters. The summed E-state index contributed by atoms with van der Waals surface area (Å²) in [4.78, 5) is 14.1. The molecule has 1 unspecified atom stereocenters. The minimum Gasteiger partial charge on any atom is -0.494 e. The van der Waals surface area contributed by atoms with E-state index in [1.54, 1.807) is 0 Å². The zero-order valence-electron chi connectivity index (χ0n) is 13.4. The fourth-order valence-corrected chi connectivity index (χ4v) is 2.80. The number of nitrogens with zero attached hydrogens (tertiary/aromatic N) is 1. The Balaban J connectivity index is 1.70. The molecular formula is C17H25ClN2O2. The van der Waals surface area contributed by atoms with Gasteiger partial charge in [-0.25, -0.2) is 0 Å². The number of rotatable bonds is 6. The van der Waals surface area contributed by atoms with Crippen LogP contribution < -0.4 is 10.5 Å². The van der Waals surface area contributed by atoms with Crippen molar-refractivity contribution in [2.45, 2.75) is 33.1 Å². The second-order valence-electron chi connectivity index (χ2n) is 6.44. The number of carbonyl (C=O) groups excluding carboxylic acids is 1. The lowest BCUT2D eigenvalue weighted by Gasteiger charge is -2.22. The number of hydrogen-bond donors (Lipinski definition) is 1. The Hall–Kier alpha value is -1.26. The van der Waals surface area contributed by atoms with E-state index >= 15 is 0 Å². The molecule has 0 saturated carbocycles. The highest BCUT2D eigenvalue weighted by molar-refractivity contribution is 6.31. The number of nitrogens with two attached hydrogens (primary N) is 1. The Morgan fingerprint density at radius 3 is 2.91 bits per heavy atom. The van der Waals surface area contributed by atoms with E-state index in [9.17, 15) is 4.79 Å². The van der Waals surface area contributed by atoms with Crippen LogP contribution in [0.4, 0.5) is 0 Å². The number of benzene rings is 1. The summed E-state index contributed by atoms with van der Waals surface area (Å²) in [5.41, 5.74) is 6.86. The van der Waals surface area contributed by atoms with Gasteiger partial charge in [0.15, 0.2) is 0 Å². The molecule has 1 aromatic carbocycles. The van der Waals surface area contributed by atoms with E-state index < -0.39 is 0 Å². The fourth-order valence-electron chi connectivity index (χ4n) is 2.68. The first-order valence-corrected chi connectivity index (χ1v) is 8.18. The average Bonchev–Trinajstić information content (AvgIpc) is 2.90. The molecule has 1 aliphatic rings. The van der Waals surface area contributed by atoms with Gasteiger partial charge in [-0.05, 0) is 55.5 Å². The number of amides is 1. The van der Waals surface area contributed by atoms with Crippen molar-refractivity contribution >= 4 is 17.5 Å². The predicted molar refractivity (Wildman–Crippen MR) is 89.3 cm³/mol. The number of ether oxygens (including phenoxy) is 1. The summed E-state index contributed by atoms with van der Waals surface area (Å²) in [6.45, 7) is 6.86. The zero-order valence-corrected chi connectivity index (χ0v) is 14.2. The van der Waals surface area contributed by atoms with E-state index in [0.29, 0.717) is 19.6 Å². The van der Waals surface area contributed by atoms with E-state index in [0.717, 1.165) is 42.3 Å². The largest absolute Gasteiger partial charge is 0.494 e. The van der Waals surface area contributed by atoms with Crippen LogP contribution >= 0.6 is 11.6 Å². The quantitative estimate of drug-likeness (QED) is 0.818. The summed E-state index contributed by atoms with van der Waals surface area (Å²) in [5, 5.41) is 0.736. The molecule has 0 aliphatic carbocycles. The van der Waals surface area contributed by atoms with E-state index in [2.05, 4.69) is 6.92 Å².